The first-order valence-electron chi connectivity index (χ1n) is 12.5. The summed E-state index contributed by atoms with van der Waals surface area (Å²) >= 11 is 0. The Labute approximate surface area is 204 Å². The lowest BCUT2D eigenvalue weighted by Crippen LogP contribution is -2.51. The first-order valence-corrected chi connectivity index (χ1v) is 12.5. The van der Waals surface area contributed by atoms with Crippen LogP contribution in [0.2, 0.25) is 0 Å². The average molecular weight is 472 g/mol. The number of hydrogen-bond donors (Lipinski definition) is 0. The molecule has 180 valence electrons. The number of pyridine rings is 1. The van der Waals surface area contributed by atoms with E-state index in [9.17, 15) is 14.4 Å². The molecular formula is C27H29N5O3. The molecule has 0 bridgehead atoms. The number of nitrogens with zero attached hydrogens (tertiary/aromatic N) is 5. The highest BCUT2D eigenvalue weighted by atomic mass is 16.2. The molecule has 2 fully saturated rings. The number of carbonyl (C=O) groups is 3. The Morgan fingerprint density at radius 2 is 1.86 bits per heavy atom. The smallest absolute Gasteiger partial charge is 0.273 e. The molecule has 0 aliphatic carbocycles. The highest BCUT2D eigenvalue weighted by molar-refractivity contribution is 6.04. The monoisotopic (exact) mass is 471 g/mol. The standard InChI is InChI=1S/C27H29N5O3/c1-18-4-3-9-29(14-18)15-19-10-22-13-28-17-30(22)24(11-19)20-7-8-23-21(12-20)16-31(27(23)35)32-25(33)5-2-6-26(32)34/h7-8,10-13,17-18H,2-6,9,14-16H2,1H3. The summed E-state index contributed by atoms with van der Waals surface area (Å²) < 4.78 is 2.07. The van der Waals surface area contributed by atoms with Gasteiger partial charge in [-0.2, -0.15) is 5.01 Å². The summed E-state index contributed by atoms with van der Waals surface area (Å²) in [6.45, 7) is 5.67. The number of piperidine rings is 2. The summed E-state index contributed by atoms with van der Waals surface area (Å²) in [6.07, 6.45) is 7.34. The van der Waals surface area contributed by atoms with E-state index < -0.39 is 0 Å². The number of aromatic nitrogens is 2. The fraction of sp³-hybridized carbons (Fsp3) is 0.407. The number of fused-ring (bicyclic) bond motifs is 2. The molecule has 0 saturated carbocycles. The number of amides is 3. The number of benzene rings is 1. The van der Waals surface area contributed by atoms with Gasteiger partial charge in [0.2, 0.25) is 11.8 Å². The van der Waals surface area contributed by atoms with E-state index in [0.717, 1.165) is 52.9 Å². The fourth-order valence-corrected chi connectivity index (χ4v) is 5.73. The Balaban J connectivity index is 1.33. The molecular weight excluding hydrogens is 442 g/mol. The molecule has 3 amide bonds. The van der Waals surface area contributed by atoms with Crippen LogP contribution in [0.5, 0.6) is 0 Å². The summed E-state index contributed by atoms with van der Waals surface area (Å²) in [7, 11) is 0. The van der Waals surface area contributed by atoms with Gasteiger partial charge in [-0.25, -0.2) is 9.99 Å². The predicted molar refractivity (Wildman–Crippen MR) is 130 cm³/mol. The number of imide groups is 1. The van der Waals surface area contributed by atoms with Crippen molar-refractivity contribution in [3.05, 3.63) is 59.5 Å². The molecule has 2 aromatic heterocycles. The molecule has 0 N–H and O–H groups in total. The highest BCUT2D eigenvalue weighted by Gasteiger charge is 2.39. The molecule has 8 nitrogen and oxygen atoms in total. The second-order valence-electron chi connectivity index (χ2n) is 10.1. The van der Waals surface area contributed by atoms with Crippen molar-refractivity contribution in [3.63, 3.8) is 0 Å². The molecule has 6 rings (SSSR count). The van der Waals surface area contributed by atoms with E-state index in [2.05, 4.69) is 33.3 Å². The summed E-state index contributed by atoms with van der Waals surface area (Å²) in [6, 6.07) is 10.2. The summed E-state index contributed by atoms with van der Waals surface area (Å²) in [5, 5.41) is 2.36. The Morgan fingerprint density at radius 1 is 1.03 bits per heavy atom. The number of rotatable bonds is 4. The molecule has 3 aliphatic heterocycles. The third kappa shape index (κ3) is 3.91. The van der Waals surface area contributed by atoms with Crippen molar-refractivity contribution >= 4 is 23.2 Å². The zero-order valence-electron chi connectivity index (χ0n) is 19.9. The van der Waals surface area contributed by atoms with E-state index in [4.69, 9.17) is 0 Å². The molecule has 1 atom stereocenters. The third-order valence-corrected chi connectivity index (χ3v) is 7.41. The van der Waals surface area contributed by atoms with Gasteiger partial charge in [0.25, 0.3) is 5.91 Å². The Bertz CT molecular complexity index is 1330. The number of hydrogen-bond acceptors (Lipinski definition) is 5. The van der Waals surface area contributed by atoms with Crippen molar-refractivity contribution in [2.75, 3.05) is 13.1 Å². The van der Waals surface area contributed by atoms with Crippen LogP contribution in [0, 0.1) is 5.92 Å². The van der Waals surface area contributed by atoms with Crippen LogP contribution in [0.4, 0.5) is 0 Å². The SMILES string of the molecule is CC1CCCN(Cc2cc(-c3ccc4c(c3)CN(N3C(=O)CCCC3=O)C4=O)n3cncc3c2)C1. The number of hydrazine groups is 1. The lowest BCUT2D eigenvalue weighted by atomic mass is 9.99. The minimum Gasteiger partial charge on any atom is -0.299 e. The summed E-state index contributed by atoms with van der Waals surface area (Å²) in [5.41, 5.74) is 5.63. The fourth-order valence-electron chi connectivity index (χ4n) is 5.73. The summed E-state index contributed by atoms with van der Waals surface area (Å²) in [4.78, 5) is 44.8. The molecule has 8 heteroatoms. The van der Waals surface area contributed by atoms with Gasteiger partial charge in [-0.1, -0.05) is 13.0 Å². The first-order chi connectivity index (χ1) is 17.0. The largest absolute Gasteiger partial charge is 0.299 e. The minimum absolute atomic E-state index is 0.220. The van der Waals surface area contributed by atoms with Gasteiger partial charge >= 0.3 is 0 Å². The molecule has 3 aromatic rings. The van der Waals surface area contributed by atoms with Crippen LogP contribution in [0.15, 0.2) is 42.9 Å². The van der Waals surface area contributed by atoms with Gasteiger partial charge in [-0.05, 0) is 72.7 Å². The van der Waals surface area contributed by atoms with Crippen molar-refractivity contribution in [2.24, 2.45) is 5.92 Å². The highest BCUT2D eigenvalue weighted by Crippen LogP contribution is 2.32. The maximum Gasteiger partial charge on any atom is 0.273 e. The molecule has 0 radical (unpaired) electrons. The van der Waals surface area contributed by atoms with Crippen LogP contribution in [-0.2, 0) is 22.7 Å². The second-order valence-corrected chi connectivity index (χ2v) is 10.1. The van der Waals surface area contributed by atoms with Crippen LogP contribution in [0.3, 0.4) is 0 Å². The van der Waals surface area contributed by atoms with E-state index in [0.29, 0.717) is 12.0 Å². The topological polar surface area (TPSA) is 78.2 Å². The Morgan fingerprint density at radius 3 is 2.66 bits per heavy atom. The van der Waals surface area contributed by atoms with Gasteiger partial charge in [-0.3, -0.25) is 23.7 Å². The number of carbonyl (C=O) groups excluding carboxylic acids is 3. The van der Waals surface area contributed by atoms with Crippen LogP contribution in [-0.4, -0.2) is 55.1 Å². The normalized spacial score (nSPS) is 21.3. The first kappa shape index (κ1) is 22.0. The van der Waals surface area contributed by atoms with Crippen molar-refractivity contribution < 1.29 is 14.4 Å². The van der Waals surface area contributed by atoms with Crippen LogP contribution < -0.4 is 0 Å². The molecule has 35 heavy (non-hydrogen) atoms. The second kappa shape index (κ2) is 8.61. The number of imidazole rings is 1. The molecule has 1 aromatic carbocycles. The number of likely N-dealkylation sites (tertiary alicyclic amines) is 1. The Kier molecular flexibility index (Phi) is 5.40. The van der Waals surface area contributed by atoms with Crippen molar-refractivity contribution in [1.82, 2.24) is 24.3 Å². The van der Waals surface area contributed by atoms with E-state index in [-0.39, 0.29) is 37.1 Å². The molecule has 2 saturated heterocycles. The zero-order valence-corrected chi connectivity index (χ0v) is 19.9. The quantitative estimate of drug-likeness (QED) is 0.543. The van der Waals surface area contributed by atoms with Crippen molar-refractivity contribution in [3.8, 4) is 11.3 Å². The van der Waals surface area contributed by atoms with Gasteiger partial charge in [0.05, 0.1) is 30.3 Å². The van der Waals surface area contributed by atoms with Crippen LogP contribution >= 0.6 is 0 Å². The lowest BCUT2D eigenvalue weighted by molar-refractivity contribution is -0.163. The van der Waals surface area contributed by atoms with Crippen molar-refractivity contribution in [1.29, 1.82) is 0 Å². The van der Waals surface area contributed by atoms with Crippen molar-refractivity contribution in [2.45, 2.75) is 52.1 Å². The van der Waals surface area contributed by atoms with Gasteiger partial charge in [0.15, 0.2) is 0 Å². The predicted octanol–water partition coefficient (Wildman–Crippen LogP) is 3.64. The molecule has 3 aliphatic rings. The lowest BCUT2D eigenvalue weighted by Gasteiger charge is -2.32. The van der Waals surface area contributed by atoms with Crippen LogP contribution in [0.1, 0.15) is 60.5 Å². The molecule has 0 spiro atoms. The Hall–Kier alpha value is -3.52. The maximum absolute atomic E-state index is 13.1. The van der Waals surface area contributed by atoms with Gasteiger partial charge < -0.3 is 0 Å². The van der Waals surface area contributed by atoms with E-state index in [1.54, 1.807) is 0 Å². The van der Waals surface area contributed by atoms with Gasteiger partial charge in [0.1, 0.15) is 0 Å². The van der Waals surface area contributed by atoms with E-state index in [1.165, 1.54) is 23.4 Å². The third-order valence-electron chi connectivity index (χ3n) is 7.41. The minimum atomic E-state index is -0.303. The van der Waals surface area contributed by atoms with Gasteiger partial charge in [-0.15, -0.1) is 0 Å². The zero-order chi connectivity index (χ0) is 24.1. The average Bonchev–Trinajstić information content (AvgIpc) is 3.43. The van der Waals surface area contributed by atoms with Gasteiger partial charge in [0, 0.05) is 31.5 Å². The molecule has 5 heterocycles. The molecule has 1 unspecified atom stereocenters. The van der Waals surface area contributed by atoms with Crippen LogP contribution in [0.25, 0.3) is 16.8 Å². The summed E-state index contributed by atoms with van der Waals surface area (Å²) in [5.74, 6) is -0.182. The maximum atomic E-state index is 13.1. The van der Waals surface area contributed by atoms with E-state index in [1.807, 2.05) is 30.7 Å². The van der Waals surface area contributed by atoms with E-state index >= 15 is 0 Å².